The highest BCUT2D eigenvalue weighted by Crippen LogP contribution is 2.34. The van der Waals surface area contributed by atoms with Crippen molar-refractivity contribution >= 4 is 27.5 Å². The second-order valence-electron chi connectivity index (χ2n) is 9.98. The van der Waals surface area contributed by atoms with Gasteiger partial charge in [-0.05, 0) is 51.8 Å². The number of carbonyl (C=O) groups is 2. The predicted molar refractivity (Wildman–Crippen MR) is 145 cm³/mol. The van der Waals surface area contributed by atoms with Crippen LogP contribution in [0.2, 0.25) is 0 Å². The Bertz CT molecular complexity index is 1210. The molecule has 0 heterocycles. The maximum atomic E-state index is 13.9. The molecule has 2 aromatic carbocycles. The Kier molecular flexibility index (Phi) is 9.97. The third kappa shape index (κ3) is 8.38. The largest absolute Gasteiger partial charge is 0.497 e. The van der Waals surface area contributed by atoms with Gasteiger partial charge in [0.1, 0.15) is 24.1 Å². The molecule has 2 rings (SSSR count). The van der Waals surface area contributed by atoms with Crippen LogP contribution in [0.4, 0.5) is 5.69 Å². The summed E-state index contributed by atoms with van der Waals surface area (Å²) in [6, 6.07) is 11.6. The van der Waals surface area contributed by atoms with E-state index in [-0.39, 0.29) is 23.9 Å². The molecule has 10 heteroatoms. The fraction of sp³-hybridized carbons (Fsp3) is 0.481. The molecule has 2 aromatic rings. The number of nitrogens with zero attached hydrogens (tertiary/aromatic N) is 2. The fourth-order valence-corrected chi connectivity index (χ4v) is 4.81. The third-order valence-electron chi connectivity index (χ3n) is 5.65. The Morgan fingerprint density at radius 2 is 1.73 bits per heavy atom. The van der Waals surface area contributed by atoms with E-state index >= 15 is 0 Å². The first kappa shape index (κ1) is 30.0. The second kappa shape index (κ2) is 12.3. The third-order valence-corrected chi connectivity index (χ3v) is 6.78. The number of hydrogen-bond acceptors (Lipinski definition) is 6. The van der Waals surface area contributed by atoms with Crippen molar-refractivity contribution in [2.24, 2.45) is 0 Å². The number of benzene rings is 2. The molecule has 0 aliphatic carbocycles. The van der Waals surface area contributed by atoms with Gasteiger partial charge in [0.15, 0.2) is 0 Å². The summed E-state index contributed by atoms with van der Waals surface area (Å²) in [5.74, 6) is -0.153. The molecule has 0 aliphatic heterocycles. The van der Waals surface area contributed by atoms with Crippen LogP contribution in [-0.2, 0) is 26.2 Å². The Morgan fingerprint density at radius 1 is 1.05 bits per heavy atom. The molecule has 9 nitrogen and oxygen atoms in total. The molecule has 204 valence electrons. The number of ether oxygens (including phenoxy) is 2. The zero-order valence-electron chi connectivity index (χ0n) is 23.0. The van der Waals surface area contributed by atoms with Gasteiger partial charge in [-0.2, -0.15) is 0 Å². The predicted octanol–water partition coefficient (Wildman–Crippen LogP) is 3.50. The molecule has 0 fully saturated rings. The minimum atomic E-state index is -3.92. The molecule has 2 amide bonds. The van der Waals surface area contributed by atoms with E-state index in [0.29, 0.717) is 12.2 Å². The highest BCUT2D eigenvalue weighted by Gasteiger charge is 2.33. The molecule has 0 spiro atoms. The number of aryl methyl sites for hydroxylation is 1. The summed E-state index contributed by atoms with van der Waals surface area (Å²) in [6.07, 6.45) is 1.37. The van der Waals surface area contributed by atoms with Crippen LogP contribution >= 0.6 is 0 Å². The van der Waals surface area contributed by atoms with E-state index < -0.39 is 34.1 Å². The van der Waals surface area contributed by atoms with Gasteiger partial charge < -0.3 is 19.7 Å². The minimum absolute atomic E-state index is 0.142. The first-order valence-corrected chi connectivity index (χ1v) is 13.9. The Morgan fingerprint density at radius 3 is 2.24 bits per heavy atom. The number of amides is 2. The smallest absolute Gasteiger partial charge is 0.244 e. The highest BCUT2D eigenvalue weighted by molar-refractivity contribution is 7.92. The molecular weight excluding hydrogens is 494 g/mol. The number of carbonyl (C=O) groups excluding carboxylic acids is 2. The van der Waals surface area contributed by atoms with E-state index in [1.165, 1.54) is 25.2 Å². The molecule has 1 atom stereocenters. The number of nitrogens with one attached hydrogen (secondary N) is 1. The van der Waals surface area contributed by atoms with E-state index in [1.807, 2.05) is 58.9 Å². The lowest BCUT2D eigenvalue weighted by Crippen LogP contribution is -2.55. The van der Waals surface area contributed by atoms with Crippen LogP contribution in [0, 0.1) is 6.92 Å². The van der Waals surface area contributed by atoms with Crippen molar-refractivity contribution in [1.29, 1.82) is 0 Å². The van der Waals surface area contributed by atoms with E-state index in [9.17, 15) is 18.0 Å². The highest BCUT2D eigenvalue weighted by atomic mass is 32.2. The Hall–Kier alpha value is -3.27. The second-order valence-corrected chi connectivity index (χ2v) is 11.9. The average Bonchev–Trinajstić information content (AvgIpc) is 2.80. The lowest BCUT2D eigenvalue weighted by atomic mass is 10.0. The fourth-order valence-electron chi connectivity index (χ4n) is 3.97. The molecule has 0 saturated heterocycles. The molecule has 1 N–H and O–H groups in total. The quantitative estimate of drug-likeness (QED) is 0.474. The van der Waals surface area contributed by atoms with E-state index in [0.717, 1.165) is 21.7 Å². The van der Waals surface area contributed by atoms with Gasteiger partial charge in [0.25, 0.3) is 0 Å². The number of rotatable bonds is 11. The van der Waals surface area contributed by atoms with Crippen LogP contribution in [0.1, 0.15) is 45.2 Å². The van der Waals surface area contributed by atoms with Crippen LogP contribution in [0.25, 0.3) is 0 Å². The van der Waals surface area contributed by atoms with Crippen molar-refractivity contribution in [3.63, 3.8) is 0 Å². The molecule has 0 bridgehead atoms. The minimum Gasteiger partial charge on any atom is -0.497 e. The maximum absolute atomic E-state index is 13.9. The lowest BCUT2D eigenvalue weighted by molar-refractivity contribution is -0.141. The summed E-state index contributed by atoms with van der Waals surface area (Å²) in [6.45, 7) is 8.99. The van der Waals surface area contributed by atoms with Gasteiger partial charge in [0.05, 0.1) is 26.2 Å². The Labute approximate surface area is 220 Å². The van der Waals surface area contributed by atoms with Gasteiger partial charge in [-0.25, -0.2) is 8.42 Å². The molecule has 0 radical (unpaired) electrons. The summed E-state index contributed by atoms with van der Waals surface area (Å²) in [5, 5.41) is 2.95. The SMILES string of the molecule is CC[C@H](C(=O)NC(C)(C)C)N(Cc1cccc(C)c1)C(=O)CN(c1cc(OC)ccc1OC)S(C)(=O)=O. The van der Waals surface area contributed by atoms with Crippen LogP contribution < -0.4 is 19.1 Å². The number of methoxy groups -OCH3 is 2. The summed E-state index contributed by atoms with van der Waals surface area (Å²) in [7, 11) is -1.03. The van der Waals surface area contributed by atoms with Crippen molar-refractivity contribution in [3.8, 4) is 11.5 Å². The molecule has 0 unspecified atom stereocenters. The first-order valence-electron chi connectivity index (χ1n) is 12.1. The van der Waals surface area contributed by atoms with E-state index in [1.54, 1.807) is 12.1 Å². The summed E-state index contributed by atoms with van der Waals surface area (Å²) >= 11 is 0. The number of anilines is 1. The monoisotopic (exact) mass is 533 g/mol. The van der Waals surface area contributed by atoms with Crippen LogP contribution in [0.5, 0.6) is 11.5 Å². The van der Waals surface area contributed by atoms with Crippen LogP contribution in [-0.4, -0.2) is 63.7 Å². The van der Waals surface area contributed by atoms with Gasteiger partial charge >= 0.3 is 0 Å². The van der Waals surface area contributed by atoms with Crippen molar-refractivity contribution < 1.29 is 27.5 Å². The van der Waals surface area contributed by atoms with Gasteiger partial charge in [0, 0.05) is 18.2 Å². The first-order chi connectivity index (χ1) is 17.2. The topological polar surface area (TPSA) is 105 Å². The molecular formula is C27H39N3O6S. The molecule has 0 aromatic heterocycles. The lowest BCUT2D eigenvalue weighted by Gasteiger charge is -2.34. The van der Waals surface area contributed by atoms with E-state index in [2.05, 4.69) is 5.32 Å². The van der Waals surface area contributed by atoms with Crippen molar-refractivity contribution in [1.82, 2.24) is 10.2 Å². The zero-order chi connectivity index (χ0) is 28.0. The van der Waals surface area contributed by atoms with Gasteiger partial charge in [-0.1, -0.05) is 36.8 Å². The van der Waals surface area contributed by atoms with Crippen LogP contribution in [0.3, 0.4) is 0 Å². The van der Waals surface area contributed by atoms with Gasteiger partial charge in [-0.3, -0.25) is 13.9 Å². The van der Waals surface area contributed by atoms with Crippen molar-refractivity contribution in [2.75, 3.05) is 31.3 Å². The molecule has 37 heavy (non-hydrogen) atoms. The van der Waals surface area contributed by atoms with Crippen molar-refractivity contribution in [2.45, 2.75) is 59.2 Å². The Balaban J connectivity index is 2.55. The molecule has 0 saturated carbocycles. The standard InChI is InChI=1S/C27H39N3O6S/c1-9-22(26(32)28-27(3,4)5)29(17-20-12-10-11-19(2)15-20)25(31)18-30(37(8,33)34)23-16-21(35-6)13-14-24(23)36-7/h10-16,22H,9,17-18H2,1-8H3,(H,28,32)/t22-/m1/s1. The maximum Gasteiger partial charge on any atom is 0.244 e. The normalized spacial score (nSPS) is 12.4. The van der Waals surface area contributed by atoms with Crippen LogP contribution in [0.15, 0.2) is 42.5 Å². The zero-order valence-corrected chi connectivity index (χ0v) is 23.8. The average molecular weight is 534 g/mol. The van der Waals surface area contributed by atoms with Gasteiger partial charge in [0.2, 0.25) is 21.8 Å². The summed E-state index contributed by atoms with van der Waals surface area (Å²) in [4.78, 5) is 28.6. The number of sulfonamides is 1. The number of hydrogen-bond donors (Lipinski definition) is 1. The summed E-state index contributed by atoms with van der Waals surface area (Å²) in [5.41, 5.74) is 1.51. The molecule has 0 aliphatic rings. The summed E-state index contributed by atoms with van der Waals surface area (Å²) < 4.78 is 37.4. The van der Waals surface area contributed by atoms with E-state index in [4.69, 9.17) is 9.47 Å². The van der Waals surface area contributed by atoms with Crippen molar-refractivity contribution in [3.05, 3.63) is 53.6 Å². The van der Waals surface area contributed by atoms with Gasteiger partial charge in [-0.15, -0.1) is 0 Å².